The molecule has 3 aromatic rings. The van der Waals surface area contributed by atoms with E-state index in [1.807, 2.05) is 6.07 Å². The molecule has 3 rings (SSSR count). The van der Waals surface area contributed by atoms with Crippen LogP contribution in [0.15, 0.2) is 53.9 Å². The smallest absolute Gasteiger partial charge is 0.274 e. The maximum Gasteiger partial charge on any atom is 0.274 e. The predicted molar refractivity (Wildman–Crippen MR) is 113 cm³/mol. The van der Waals surface area contributed by atoms with E-state index in [2.05, 4.69) is 20.8 Å². The van der Waals surface area contributed by atoms with Crippen LogP contribution in [0.2, 0.25) is 0 Å². The second-order valence-electron chi connectivity index (χ2n) is 6.31. The normalized spacial score (nSPS) is 10.5. The van der Waals surface area contributed by atoms with Gasteiger partial charge in [-0.25, -0.2) is 0 Å². The van der Waals surface area contributed by atoms with Gasteiger partial charge in [0, 0.05) is 29.9 Å². The van der Waals surface area contributed by atoms with Crippen molar-refractivity contribution in [2.75, 3.05) is 16.4 Å². The Kier molecular flexibility index (Phi) is 6.42. The maximum absolute atomic E-state index is 12.3. The lowest BCUT2D eigenvalue weighted by molar-refractivity contribution is -0.385. The molecule has 0 fully saturated rings. The van der Waals surface area contributed by atoms with Gasteiger partial charge in [0.25, 0.3) is 5.69 Å². The van der Waals surface area contributed by atoms with Crippen molar-refractivity contribution in [1.29, 1.82) is 0 Å². The number of thioether (sulfide) groups is 1. The third kappa shape index (κ3) is 5.20. The number of nitro groups is 1. The fourth-order valence-corrected chi connectivity index (χ4v) is 3.38. The van der Waals surface area contributed by atoms with Crippen LogP contribution in [0, 0.1) is 17.0 Å². The van der Waals surface area contributed by atoms with Crippen molar-refractivity contribution in [2.45, 2.75) is 19.0 Å². The Morgan fingerprint density at radius 2 is 1.93 bits per heavy atom. The van der Waals surface area contributed by atoms with Crippen molar-refractivity contribution >= 4 is 40.6 Å². The molecule has 2 aromatic carbocycles. The zero-order chi connectivity index (χ0) is 21.7. The molecule has 0 unspecified atom stereocenters. The Bertz CT molecular complexity index is 1110. The monoisotopic (exact) mass is 426 g/mol. The zero-order valence-corrected chi connectivity index (χ0v) is 17.0. The molecule has 0 radical (unpaired) electrons. The average Bonchev–Trinajstić information content (AvgIpc) is 3.16. The molecule has 0 atom stereocenters. The molecule has 0 saturated carbocycles. The molecule has 10 nitrogen and oxygen atoms in total. The molecule has 1 heterocycles. The van der Waals surface area contributed by atoms with Gasteiger partial charge in [0.15, 0.2) is 5.16 Å². The summed E-state index contributed by atoms with van der Waals surface area (Å²) in [6, 6.07) is 11.7. The van der Waals surface area contributed by atoms with Crippen molar-refractivity contribution in [3.63, 3.8) is 0 Å². The number of hydrogen-bond donors (Lipinski definition) is 2. The first-order valence-electron chi connectivity index (χ1n) is 8.79. The van der Waals surface area contributed by atoms with Crippen LogP contribution in [0.1, 0.15) is 12.5 Å². The van der Waals surface area contributed by atoms with E-state index in [0.29, 0.717) is 22.1 Å². The Hall–Kier alpha value is -3.73. The molecule has 154 valence electrons. The lowest BCUT2D eigenvalue weighted by Gasteiger charge is -2.09. The first-order valence-corrected chi connectivity index (χ1v) is 9.78. The highest BCUT2D eigenvalue weighted by Crippen LogP contribution is 2.24. The number of aryl methyl sites for hydroxylation is 1. The summed E-state index contributed by atoms with van der Waals surface area (Å²) in [5.41, 5.74) is 2.16. The van der Waals surface area contributed by atoms with Crippen LogP contribution >= 0.6 is 11.8 Å². The number of carbonyl (C=O) groups is 2. The fourth-order valence-electron chi connectivity index (χ4n) is 2.65. The Morgan fingerprint density at radius 3 is 2.67 bits per heavy atom. The predicted octanol–water partition coefficient (Wildman–Crippen LogP) is 3.17. The van der Waals surface area contributed by atoms with Crippen molar-refractivity contribution in [3.05, 3.63) is 64.5 Å². The summed E-state index contributed by atoms with van der Waals surface area (Å²) in [5, 5.41) is 24.8. The Labute approximate surface area is 175 Å². The summed E-state index contributed by atoms with van der Waals surface area (Å²) in [7, 11) is 0. The van der Waals surface area contributed by atoms with Gasteiger partial charge in [-0.05, 0) is 31.2 Å². The first-order chi connectivity index (χ1) is 14.3. The number of nitrogens with zero attached hydrogens (tertiary/aromatic N) is 4. The third-order valence-electron chi connectivity index (χ3n) is 3.98. The quantitative estimate of drug-likeness (QED) is 0.337. The van der Waals surface area contributed by atoms with Gasteiger partial charge in [0.05, 0.1) is 16.4 Å². The van der Waals surface area contributed by atoms with E-state index in [1.165, 1.54) is 31.1 Å². The number of nitro benzene ring substituents is 1. The lowest BCUT2D eigenvalue weighted by atomic mass is 10.2. The number of amides is 2. The molecule has 0 aliphatic rings. The summed E-state index contributed by atoms with van der Waals surface area (Å²) in [6.45, 7) is 3.06. The summed E-state index contributed by atoms with van der Waals surface area (Å²) < 4.78 is 1.69. The van der Waals surface area contributed by atoms with Gasteiger partial charge < -0.3 is 10.6 Å². The van der Waals surface area contributed by atoms with E-state index < -0.39 is 4.92 Å². The minimum absolute atomic E-state index is 0.0335. The topological polar surface area (TPSA) is 132 Å². The fraction of sp³-hybridized carbons (Fsp3) is 0.158. The minimum Gasteiger partial charge on any atom is -0.326 e. The van der Waals surface area contributed by atoms with Crippen LogP contribution in [-0.2, 0) is 9.59 Å². The molecule has 0 aliphatic carbocycles. The van der Waals surface area contributed by atoms with Crippen molar-refractivity contribution in [1.82, 2.24) is 14.8 Å². The molecule has 0 bridgehead atoms. The standard InChI is InChI=1S/C19H18N6O4S/c1-12-6-7-15(9-17(12)25(28)29)22-18(27)10-30-19-23-20-11-24(19)16-5-3-4-14(8-16)21-13(2)26/h3-9,11H,10H2,1-2H3,(H,21,26)(H,22,27). The number of aromatic nitrogens is 3. The highest BCUT2D eigenvalue weighted by molar-refractivity contribution is 7.99. The molecule has 2 N–H and O–H groups in total. The minimum atomic E-state index is -0.489. The van der Waals surface area contributed by atoms with E-state index in [4.69, 9.17) is 0 Å². The van der Waals surface area contributed by atoms with E-state index in [0.717, 1.165) is 5.69 Å². The van der Waals surface area contributed by atoms with E-state index in [1.54, 1.807) is 41.8 Å². The molecular weight excluding hydrogens is 408 g/mol. The molecule has 11 heteroatoms. The summed E-state index contributed by atoms with van der Waals surface area (Å²) >= 11 is 1.17. The SMILES string of the molecule is CC(=O)Nc1cccc(-n2cnnc2SCC(=O)Nc2ccc(C)c([N+](=O)[O-])c2)c1. The Balaban J connectivity index is 1.67. The second-order valence-corrected chi connectivity index (χ2v) is 7.25. The highest BCUT2D eigenvalue weighted by atomic mass is 32.2. The van der Waals surface area contributed by atoms with Crippen LogP contribution in [0.4, 0.5) is 17.1 Å². The number of nitrogens with one attached hydrogen (secondary N) is 2. The van der Waals surface area contributed by atoms with Crippen LogP contribution in [-0.4, -0.2) is 37.3 Å². The molecule has 0 spiro atoms. The second kappa shape index (κ2) is 9.18. The van der Waals surface area contributed by atoms with Crippen molar-refractivity contribution in [3.8, 4) is 5.69 Å². The van der Waals surface area contributed by atoms with Crippen molar-refractivity contribution in [2.24, 2.45) is 0 Å². The third-order valence-corrected chi connectivity index (χ3v) is 4.93. The summed E-state index contributed by atoms with van der Waals surface area (Å²) in [6.07, 6.45) is 1.51. The maximum atomic E-state index is 12.3. The molecular formula is C19H18N6O4S. The lowest BCUT2D eigenvalue weighted by Crippen LogP contribution is -2.14. The largest absolute Gasteiger partial charge is 0.326 e. The molecule has 1 aromatic heterocycles. The zero-order valence-electron chi connectivity index (χ0n) is 16.2. The number of benzene rings is 2. The molecule has 2 amide bonds. The van der Waals surface area contributed by atoms with Crippen LogP contribution in [0.25, 0.3) is 5.69 Å². The summed E-state index contributed by atoms with van der Waals surface area (Å²) in [4.78, 5) is 34.1. The van der Waals surface area contributed by atoms with E-state index >= 15 is 0 Å². The van der Waals surface area contributed by atoms with E-state index in [-0.39, 0.29) is 23.3 Å². The van der Waals surface area contributed by atoms with Gasteiger partial charge >= 0.3 is 0 Å². The number of rotatable bonds is 7. The van der Waals surface area contributed by atoms with Crippen LogP contribution in [0.3, 0.4) is 0 Å². The number of anilines is 2. The van der Waals surface area contributed by atoms with Crippen LogP contribution < -0.4 is 10.6 Å². The van der Waals surface area contributed by atoms with Gasteiger partial charge in [0.2, 0.25) is 11.8 Å². The van der Waals surface area contributed by atoms with Crippen molar-refractivity contribution < 1.29 is 14.5 Å². The van der Waals surface area contributed by atoms with Gasteiger partial charge in [-0.3, -0.25) is 24.3 Å². The van der Waals surface area contributed by atoms with Gasteiger partial charge in [-0.15, -0.1) is 10.2 Å². The van der Waals surface area contributed by atoms with Gasteiger partial charge in [0.1, 0.15) is 6.33 Å². The highest BCUT2D eigenvalue weighted by Gasteiger charge is 2.14. The Morgan fingerprint density at radius 1 is 1.17 bits per heavy atom. The average molecular weight is 426 g/mol. The molecule has 30 heavy (non-hydrogen) atoms. The number of hydrogen-bond acceptors (Lipinski definition) is 7. The van der Waals surface area contributed by atoms with Gasteiger partial charge in [-0.2, -0.15) is 0 Å². The summed E-state index contributed by atoms with van der Waals surface area (Å²) in [5.74, 6) is -0.482. The van der Waals surface area contributed by atoms with Crippen LogP contribution in [0.5, 0.6) is 0 Å². The number of carbonyl (C=O) groups excluding carboxylic acids is 2. The first kappa shape index (κ1) is 21.0. The molecule has 0 saturated heterocycles. The van der Waals surface area contributed by atoms with E-state index in [9.17, 15) is 19.7 Å². The van der Waals surface area contributed by atoms with Gasteiger partial charge in [-0.1, -0.05) is 23.9 Å². The molecule has 0 aliphatic heterocycles.